The lowest BCUT2D eigenvalue weighted by atomic mass is 10.1. The van der Waals surface area contributed by atoms with Gasteiger partial charge in [-0.2, -0.15) is 0 Å². The molecule has 0 aliphatic rings. The summed E-state index contributed by atoms with van der Waals surface area (Å²) in [7, 11) is 0. The molecule has 1 aromatic rings. The van der Waals surface area contributed by atoms with Gasteiger partial charge in [0.05, 0.1) is 9.32 Å². The van der Waals surface area contributed by atoms with E-state index in [0.29, 0.717) is 4.99 Å². The van der Waals surface area contributed by atoms with Crippen LogP contribution in [-0.4, -0.2) is 23.0 Å². The van der Waals surface area contributed by atoms with Crippen LogP contribution in [0.5, 0.6) is 0 Å². The molecule has 0 amide bonds. The molecule has 5 heteroatoms. The highest BCUT2D eigenvalue weighted by atomic mass is 35.5. The Hall–Kier alpha value is -0.160. The standard InChI is InChI=1S/C11H17ClN2S2/c1-3-14(6-8(2)11(13)15)7-9-4-5-10(12)16-9/h4-5,8H,3,6-7H2,1-2H3,(H2,13,15). The normalized spacial score (nSPS) is 13.0. The molecule has 0 radical (unpaired) electrons. The van der Waals surface area contributed by atoms with Crippen molar-refractivity contribution in [3.8, 4) is 0 Å². The van der Waals surface area contributed by atoms with E-state index in [2.05, 4.69) is 24.8 Å². The van der Waals surface area contributed by atoms with E-state index in [4.69, 9.17) is 29.6 Å². The first-order chi connectivity index (χ1) is 7.52. The summed E-state index contributed by atoms with van der Waals surface area (Å²) < 4.78 is 0.841. The molecule has 0 spiro atoms. The van der Waals surface area contributed by atoms with Crippen molar-refractivity contribution >= 4 is 40.1 Å². The smallest absolute Gasteiger partial charge is 0.0931 e. The lowest BCUT2D eigenvalue weighted by molar-refractivity contribution is 0.266. The monoisotopic (exact) mass is 276 g/mol. The fraction of sp³-hybridized carbons (Fsp3) is 0.545. The van der Waals surface area contributed by atoms with Crippen LogP contribution in [-0.2, 0) is 6.54 Å². The lowest BCUT2D eigenvalue weighted by Gasteiger charge is -2.23. The molecule has 0 aliphatic carbocycles. The van der Waals surface area contributed by atoms with Crippen LogP contribution in [0.3, 0.4) is 0 Å². The molecule has 16 heavy (non-hydrogen) atoms. The molecular formula is C11H17ClN2S2. The second kappa shape index (κ2) is 6.55. The molecule has 1 aromatic heterocycles. The third-order valence-electron chi connectivity index (χ3n) is 2.47. The van der Waals surface area contributed by atoms with Gasteiger partial charge in [-0.25, -0.2) is 0 Å². The van der Waals surface area contributed by atoms with Crippen LogP contribution in [0.15, 0.2) is 12.1 Å². The molecule has 1 atom stereocenters. The van der Waals surface area contributed by atoms with Gasteiger partial charge in [0.1, 0.15) is 0 Å². The topological polar surface area (TPSA) is 29.3 Å². The van der Waals surface area contributed by atoms with Gasteiger partial charge in [0, 0.05) is 23.9 Å². The van der Waals surface area contributed by atoms with E-state index < -0.39 is 0 Å². The van der Waals surface area contributed by atoms with Crippen LogP contribution < -0.4 is 5.73 Å². The SMILES string of the molecule is CCN(Cc1ccc(Cl)s1)CC(C)C(N)=S. The Bertz CT molecular complexity index is 352. The molecule has 0 saturated carbocycles. The van der Waals surface area contributed by atoms with Crippen LogP contribution in [0, 0.1) is 5.92 Å². The number of hydrogen-bond acceptors (Lipinski definition) is 3. The highest BCUT2D eigenvalue weighted by Crippen LogP contribution is 2.22. The third-order valence-corrected chi connectivity index (χ3v) is 4.09. The van der Waals surface area contributed by atoms with Gasteiger partial charge in [-0.15, -0.1) is 11.3 Å². The average molecular weight is 277 g/mol. The molecule has 2 nitrogen and oxygen atoms in total. The number of halogens is 1. The molecule has 1 unspecified atom stereocenters. The molecule has 0 bridgehead atoms. The van der Waals surface area contributed by atoms with Crippen LogP contribution >= 0.6 is 35.2 Å². The quantitative estimate of drug-likeness (QED) is 0.810. The van der Waals surface area contributed by atoms with E-state index in [1.54, 1.807) is 11.3 Å². The maximum absolute atomic E-state index is 5.90. The molecule has 1 rings (SSSR count). The summed E-state index contributed by atoms with van der Waals surface area (Å²) in [6, 6.07) is 4.01. The van der Waals surface area contributed by atoms with Gasteiger partial charge >= 0.3 is 0 Å². The minimum absolute atomic E-state index is 0.255. The number of thiophene rings is 1. The van der Waals surface area contributed by atoms with Gasteiger partial charge in [-0.3, -0.25) is 4.90 Å². The van der Waals surface area contributed by atoms with E-state index in [1.165, 1.54) is 4.88 Å². The largest absolute Gasteiger partial charge is 0.393 e. The van der Waals surface area contributed by atoms with E-state index in [9.17, 15) is 0 Å². The van der Waals surface area contributed by atoms with Gasteiger partial charge < -0.3 is 5.73 Å². The summed E-state index contributed by atoms with van der Waals surface area (Å²) in [5.74, 6) is 0.255. The minimum Gasteiger partial charge on any atom is -0.393 e. The predicted octanol–water partition coefficient (Wildman–Crippen LogP) is 3.15. The number of nitrogens with zero attached hydrogens (tertiary/aromatic N) is 1. The fourth-order valence-electron chi connectivity index (χ4n) is 1.44. The van der Waals surface area contributed by atoms with Gasteiger partial charge in [-0.1, -0.05) is 37.7 Å². The molecule has 90 valence electrons. The summed E-state index contributed by atoms with van der Waals surface area (Å²) in [6.45, 7) is 7.01. The number of rotatable bonds is 6. The second-order valence-corrected chi connectivity index (χ2v) is 6.11. The Balaban J connectivity index is 2.52. The molecule has 0 aromatic carbocycles. The Kier molecular flexibility index (Phi) is 5.69. The highest BCUT2D eigenvalue weighted by Gasteiger charge is 2.12. The van der Waals surface area contributed by atoms with Crippen LogP contribution in [0.4, 0.5) is 0 Å². The zero-order valence-electron chi connectivity index (χ0n) is 9.57. The van der Waals surface area contributed by atoms with Crippen molar-refractivity contribution in [2.45, 2.75) is 20.4 Å². The number of thiocarbonyl (C=S) groups is 1. The van der Waals surface area contributed by atoms with E-state index in [1.807, 2.05) is 6.07 Å². The number of hydrogen-bond donors (Lipinski definition) is 1. The molecular weight excluding hydrogens is 260 g/mol. The Labute approximate surface area is 111 Å². The van der Waals surface area contributed by atoms with Gasteiger partial charge in [0.2, 0.25) is 0 Å². The van der Waals surface area contributed by atoms with Gasteiger partial charge in [0.15, 0.2) is 0 Å². The first-order valence-corrected chi connectivity index (χ1v) is 6.89. The molecule has 2 N–H and O–H groups in total. The van der Waals surface area contributed by atoms with Crippen molar-refractivity contribution in [2.75, 3.05) is 13.1 Å². The average Bonchev–Trinajstić information content (AvgIpc) is 2.62. The number of nitrogens with two attached hydrogens (primary N) is 1. The summed E-state index contributed by atoms with van der Waals surface area (Å²) in [4.78, 5) is 4.19. The summed E-state index contributed by atoms with van der Waals surface area (Å²) >= 11 is 12.5. The summed E-state index contributed by atoms with van der Waals surface area (Å²) in [5.41, 5.74) is 5.62. The maximum Gasteiger partial charge on any atom is 0.0931 e. The molecule has 0 saturated heterocycles. The van der Waals surface area contributed by atoms with Crippen molar-refractivity contribution in [2.24, 2.45) is 11.7 Å². The van der Waals surface area contributed by atoms with Crippen molar-refractivity contribution < 1.29 is 0 Å². The van der Waals surface area contributed by atoms with Gasteiger partial charge in [-0.05, 0) is 18.7 Å². The summed E-state index contributed by atoms with van der Waals surface area (Å²) in [5, 5.41) is 0. The minimum atomic E-state index is 0.255. The van der Waals surface area contributed by atoms with Crippen LogP contribution in [0.1, 0.15) is 18.7 Å². The van der Waals surface area contributed by atoms with Crippen molar-refractivity contribution in [3.63, 3.8) is 0 Å². The van der Waals surface area contributed by atoms with Crippen molar-refractivity contribution in [3.05, 3.63) is 21.3 Å². The first kappa shape index (κ1) is 13.9. The van der Waals surface area contributed by atoms with E-state index in [-0.39, 0.29) is 5.92 Å². The first-order valence-electron chi connectivity index (χ1n) is 5.28. The fourth-order valence-corrected chi connectivity index (χ4v) is 2.64. The van der Waals surface area contributed by atoms with Gasteiger partial charge in [0.25, 0.3) is 0 Å². The van der Waals surface area contributed by atoms with Crippen LogP contribution in [0.25, 0.3) is 0 Å². The molecule has 0 aliphatic heterocycles. The predicted molar refractivity (Wildman–Crippen MR) is 76.2 cm³/mol. The van der Waals surface area contributed by atoms with Crippen molar-refractivity contribution in [1.29, 1.82) is 0 Å². The zero-order valence-corrected chi connectivity index (χ0v) is 12.0. The van der Waals surface area contributed by atoms with Crippen LogP contribution in [0.2, 0.25) is 4.34 Å². The van der Waals surface area contributed by atoms with E-state index in [0.717, 1.165) is 24.0 Å². The summed E-state index contributed by atoms with van der Waals surface area (Å²) in [6.07, 6.45) is 0. The second-order valence-electron chi connectivity index (χ2n) is 3.84. The van der Waals surface area contributed by atoms with Crippen molar-refractivity contribution in [1.82, 2.24) is 4.90 Å². The highest BCUT2D eigenvalue weighted by molar-refractivity contribution is 7.80. The Morgan fingerprint density at radius 3 is 2.75 bits per heavy atom. The molecule has 0 fully saturated rings. The maximum atomic E-state index is 5.90. The molecule has 1 heterocycles. The van der Waals surface area contributed by atoms with E-state index >= 15 is 0 Å². The lowest BCUT2D eigenvalue weighted by Crippen LogP contribution is -2.33. The third kappa shape index (κ3) is 4.37. The zero-order chi connectivity index (χ0) is 12.1. The Morgan fingerprint density at radius 1 is 1.62 bits per heavy atom. The Morgan fingerprint density at radius 2 is 2.31 bits per heavy atom.